The van der Waals surface area contributed by atoms with Gasteiger partial charge in [0, 0.05) is 17.5 Å². The summed E-state index contributed by atoms with van der Waals surface area (Å²) in [6.45, 7) is 4.96. The number of piperidine rings is 1. The van der Waals surface area contributed by atoms with Crippen molar-refractivity contribution in [3.05, 3.63) is 20.8 Å². The monoisotopic (exact) mass is 330 g/mol. The van der Waals surface area contributed by atoms with Gasteiger partial charge in [0.05, 0.1) is 15.7 Å². The maximum absolute atomic E-state index is 12.4. The van der Waals surface area contributed by atoms with Crippen LogP contribution in [0.4, 0.5) is 0 Å². The molecule has 2 rings (SSSR count). The molecule has 1 amide bonds. The number of hydrogen-bond donors (Lipinski definition) is 1. The van der Waals surface area contributed by atoms with Gasteiger partial charge in [0.1, 0.15) is 0 Å². The van der Waals surface area contributed by atoms with Gasteiger partial charge in [-0.05, 0) is 54.8 Å². The topological polar surface area (TPSA) is 46.3 Å². The molecular formula is C13H19BrN2OS. The highest BCUT2D eigenvalue weighted by Crippen LogP contribution is 2.28. The van der Waals surface area contributed by atoms with Crippen molar-refractivity contribution in [1.82, 2.24) is 4.90 Å². The molecule has 1 saturated heterocycles. The minimum atomic E-state index is -0.232. The van der Waals surface area contributed by atoms with Crippen LogP contribution >= 0.6 is 27.3 Å². The lowest BCUT2D eigenvalue weighted by Gasteiger charge is -2.46. The molecule has 100 valence electrons. The zero-order chi connectivity index (χ0) is 13.3. The number of carbonyl (C=O) groups is 1. The van der Waals surface area contributed by atoms with Crippen molar-refractivity contribution < 1.29 is 4.79 Å². The quantitative estimate of drug-likeness (QED) is 0.906. The predicted molar refractivity (Wildman–Crippen MR) is 78.7 cm³/mol. The number of rotatable bonds is 2. The van der Waals surface area contributed by atoms with Gasteiger partial charge < -0.3 is 10.6 Å². The normalized spacial score (nSPS) is 23.1. The minimum absolute atomic E-state index is 0.0743. The van der Waals surface area contributed by atoms with E-state index in [0.717, 1.165) is 28.0 Å². The van der Waals surface area contributed by atoms with E-state index in [1.54, 1.807) is 11.3 Å². The van der Waals surface area contributed by atoms with Crippen molar-refractivity contribution in [3.63, 3.8) is 0 Å². The van der Waals surface area contributed by atoms with E-state index in [1.807, 2.05) is 17.0 Å². The average molecular weight is 331 g/mol. The van der Waals surface area contributed by atoms with E-state index < -0.39 is 0 Å². The standard InChI is InChI=1S/C13H19BrN2OS/c1-13(2)10(15)4-3-7-16(13)12(17)8-9-5-6-11(14)18-9/h5-6,10H,3-4,7-8,15H2,1-2H3. The van der Waals surface area contributed by atoms with Crippen LogP contribution in [0.2, 0.25) is 0 Å². The van der Waals surface area contributed by atoms with E-state index in [-0.39, 0.29) is 17.5 Å². The van der Waals surface area contributed by atoms with Crippen molar-refractivity contribution in [2.45, 2.75) is 44.7 Å². The summed E-state index contributed by atoms with van der Waals surface area (Å²) in [5, 5.41) is 0. The van der Waals surface area contributed by atoms with E-state index in [1.165, 1.54) is 0 Å². The Morgan fingerprint density at radius 2 is 2.33 bits per heavy atom. The summed E-state index contributed by atoms with van der Waals surface area (Å²) in [6.07, 6.45) is 2.48. The summed E-state index contributed by atoms with van der Waals surface area (Å²) >= 11 is 5.04. The maximum atomic E-state index is 12.4. The first kappa shape index (κ1) is 14.0. The Morgan fingerprint density at radius 1 is 1.61 bits per heavy atom. The molecule has 0 aliphatic carbocycles. The van der Waals surface area contributed by atoms with Gasteiger partial charge in [-0.15, -0.1) is 11.3 Å². The molecule has 0 saturated carbocycles. The molecule has 1 atom stereocenters. The van der Waals surface area contributed by atoms with Gasteiger partial charge in [-0.25, -0.2) is 0 Å². The van der Waals surface area contributed by atoms with E-state index in [0.29, 0.717) is 6.42 Å². The molecule has 1 aliphatic rings. The summed E-state index contributed by atoms with van der Waals surface area (Å²) in [4.78, 5) is 15.5. The predicted octanol–water partition coefficient (Wildman–Crippen LogP) is 2.78. The fourth-order valence-electron chi connectivity index (χ4n) is 2.45. The Kier molecular flexibility index (Phi) is 4.14. The summed E-state index contributed by atoms with van der Waals surface area (Å²) < 4.78 is 1.07. The van der Waals surface area contributed by atoms with Crippen LogP contribution in [-0.4, -0.2) is 28.9 Å². The molecule has 18 heavy (non-hydrogen) atoms. The molecule has 2 N–H and O–H groups in total. The molecule has 0 bridgehead atoms. The zero-order valence-electron chi connectivity index (χ0n) is 10.8. The third-order valence-corrected chi connectivity index (χ3v) is 5.38. The number of nitrogens with two attached hydrogens (primary N) is 1. The Bertz CT molecular complexity index is 444. The van der Waals surface area contributed by atoms with E-state index in [9.17, 15) is 4.79 Å². The summed E-state index contributed by atoms with van der Waals surface area (Å²) in [5.41, 5.74) is 5.91. The largest absolute Gasteiger partial charge is 0.336 e. The van der Waals surface area contributed by atoms with Crippen LogP contribution in [0.3, 0.4) is 0 Å². The number of carbonyl (C=O) groups excluding carboxylic acids is 1. The molecule has 3 nitrogen and oxygen atoms in total. The van der Waals surface area contributed by atoms with E-state index >= 15 is 0 Å². The number of likely N-dealkylation sites (tertiary alicyclic amines) is 1. The fraction of sp³-hybridized carbons (Fsp3) is 0.615. The molecule has 1 unspecified atom stereocenters. The van der Waals surface area contributed by atoms with Crippen LogP contribution in [0.5, 0.6) is 0 Å². The Morgan fingerprint density at radius 3 is 2.94 bits per heavy atom. The first-order valence-electron chi connectivity index (χ1n) is 6.21. The Balaban J connectivity index is 2.08. The third-order valence-electron chi connectivity index (χ3n) is 3.76. The molecule has 2 heterocycles. The van der Waals surface area contributed by atoms with E-state index in [2.05, 4.69) is 29.8 Å². The molecule has 1 fully saturated rings. The number of thiophene rings is 1. The van der Waals surface area contributed by atoms with Crippen LogP contribution in [0.25, 0.3) is 0 Å². The third kappa shape index (κ3) is 2.78. The fourth-order valence-corrected chi connectivity index (χ4v) is 3.92. The van der Waals surface area contributed by atoms with E-state index in [4.69, 9.17) is 5.73 Å². The molecular weight excluding hydrogens is 312 g/mol. The molecule has 1 aromatic rings. The van der Waals surface area contributed by atoms with Gasteiger partial charge in [0.15, 0.2) is 0 Å². The van der Waals surface area contributed by atoms with Gasteiger partial charge >= 0.3 is 0 Å². The van der Waals surface area contributed by atoms with Crippen molar-refractivity contribution in [2.75, 3.05) is 6.54 Å². The highest BCUT2D eigenvalue weighted by Gasteiger charge is 2.38. The second-order valence-corrected chi connectivity index (χ2v) is 7.88. The van der Waals surface area contributed by atoms with Crippen LogP contribution in [0.1, 0.15) is 31.6 Å². The van der Waals surface area contributed by atoms with Gasteiger partial charge in [-0.1, -0.05) is 0 Å². The van der Waals surface area contributed by atoms with Crippen LogP contribution in [-0.2, 0) is 11.2 Å². The van der Waals surface area contributed by atoms with Crippen molar-refractivity contribution >= 4 is 33.2 Å². The van der Waals surface area contributed by atoms with Crippen molar-refractivity contribution in [2.24, 2.45) is 5.73 Å². The molecule has 1 aliphatic heterocycles. The number of halogens is 1. The average Bonchev–Trinajstić information content (AvgIpc) is 2.67. The maximum Gasteiger partial charge on any atom is 0.228 e. The first-order valence-corrected chi connectivity index (χ1v) is 7.82. The van der Waals surface area contributed by atoms with Gasteiger partial charge in [0.2, 0.25) is 5.91 Å². The molecule has 0 radical (unpaired) electrons. The summed E-state index contributed by atoms with van der Waals surface area (Å²) in [7, 11) is 0. The van der Waals surface area contributed by atoms with Crippen LogP contribution in [0, 0.1) is 0 Å². The number of nitrogens with zero attached hydrogens (tertiary/aromatic N) is 1. The van der Waals surface area contributed by atoms with Gasteiger partial charge in [-0.2, -0.15) is 0 Å². The lowest BCUT2D eigenvalue weighted by atomic mass is 9.85. The van der Waals surface area contributed by atoms with Crippen LogP contribution < -0.4 is 5.73 Å². The molecule has 0 spiro atoms. The lowest BCUT2D eigenvalue weighted by molar-refractivity contribution is -0.138. The first-order chi connectivity index (χ1) is 8.41. The van der Waals surface area contributed by atoms with Crippen molar-refractivity contribution in [1.29, 1.82) is 0 Å². The molecule has 5 heteroatoms. The highest BCUT2D eigenvalue weighted by atomic mass is 79.9. The SMILES string of the molecule is CC1(C)C(N)CCCN1C(=O)Cc1ccc(Br)s1. The Labute approximate surface area is 120 Å². The Hall–Kier alpha value is -0.390. The molecule has 0 aromatic carbocycles. The molecule has 1 aromatic heterocycles. The lowest BCUT2D eigenvalue weighted by Crippen LogP contribution is -2.61. The van der Waals surface area contributed by atoms with Crippen molar-refractivity contribution in [3.8, 4) is 0 Å². The number of hydrogen-bond acceptors (Lipinski definition) is 3. The number of amides is 1. The summed E-state index contributed by atoms with van der Waals surface area (Å²) in [6, 6.07) is 4.06. The second-order valence-electron chi connectivity index (χ2n) is 5.33. The smallest absolute Gasteiger partial charge is 0.228 e. The summed E-state index contributed by atoms with van der Waals surface area (Å²) in [5.74, 6) is 0.185. The zero-order valence-corrected chi connectivity index (χ0v) is 13.2. The van der Waals surface area contributed by atoms with Crippen LogP contribution in [0.15, 0.2) is 15.9 Å². The second kappa shape index (κ2) is 5.31. The highest BCUT2D eigenvalue weighted by molar-refractivity contribution is 9.11. The van der Waals surface area contributed by atoms with Gasteiger partial charge in [0.25, 0.3) is 0 Å². The van der Waals surface area contributed by atoms with Gasteiger partial charge in [-0.3, -0.25) is 4.79 Å². The minimum Gasteiger partial charge on any atom is -0.336 e.